The minimum Gasteiger partial charge on any atom is -0.352 e. The molecule has 3 heteroatoms. The van der Waals surface area contributed by atoms with Gasteiger partial charge in [-0.3, -0.25) is 5.73 Å². The molecule has 68 valence electrons. The van der Waals surface area contributed by atoms with E-state index in [1.165, 1.54) is 0 Å². The third kappa shape index (κ3) is 10.7. The predicted molar refractivity (Wildman–Crippen MR) is 56.6 cm³/mol. The molecule has 0 aromatic rings. The molecule has 0 spiro atoms. The molecular weight excluding hydrogens is 253 g/mol. The van der Waals surface area contributed by atoms with E-state index in [4.69, 9.17) is 10.5 Å². The third-order valence-electron chi connectivity index (χ3n) is 1.24. The number of hydrogen-bond acceptors (Lipinski definition) is 2. The quantitative estimate of drug-likeness (QED) is 0.370. The van der Waals surface area contributed by atoms with E-state index in [0.29, 0.717) is 5.41 Å². The Bertz CT molecular complexity index is 98.2. The van der Waals surface area contributed by atoms with Crippen molar-refractivity contribution in [3.63, 3.8) is 0 Å². The molecule has 1 unspecified atom stereocenters. The summed E-state index contributed by atoms with van der Waals surface area (Å²) in [5.74, 6) is 0. The smallest absolute Gasteiger partial charge is 0.166 e. The van der Waals surface area contributed by atoms with Gasteiger partial charge in [0.05, 0.1) is 6.61 Å². The van der Waals surface area contributed by atoms with Crippen molar-refractivity contribution in [3.8, 4) is 0 Å². The average molecular weight is 271 g/mol. The monoisotopic (exact) mass is 271 g/mol. The number of rotatable bonds is 3. The minimum absolute atomic E-state index is 0.335. The van der Waals surface area contributed by atoms with Crippen LogP contribution in [0.25, 0.3) is 0 Å². The van der Waals surface area contributed by atoms with Crippen LogP contribution in [0.5, 0.6) is 0 Å². The molecule has 0 saturated heterocycles. The number of halogens is 1. The molecule has 11 heavy (non-hydrogen) atoms. The first kappa shape index (κ1) is 11.6. The summed E-state index contributed by atoms with van der Waals surface area (Å²) in [4.78, 5) is 0. The summed E-state index contributed by atoms with van der Waals surface area (Å²) >= 11 is 2.08. The molecule has 2 N–H and O–H groups in total. The van der Waals surface area contributed by atoms with E-state index in [2.05, 4.69) is 43.4 Å². The maximum Gasteiger partial charge on any atom is 0.166 e. The van der Waals surface area contributed by atoms with Gasteiger partial charge < -0.3 is 4.74 Å². The number of ether oxygens (including phenoxy) is 1. The second kappa shape index (κ2) is 4.05. The standard InChI is InChI=1S/C8H18INO/c1-7(2,3)5-6-11-8(4,9)10/h5-6,10H2,1-4H3. The van der Waals surface area contributed by atoms with Crippen LogP contribution in [0.2, 0.25) is 0 Å². The maximum atomic E-state index is 5.63. The molecule has 0 radical (unpaired) electrons. The lowest BCUT2D eigenvalue weighted by atomic mass is 9.93. The fraction of sp³-hybridized carbons (Fsp3) is 1.00. The second-order valence-corrected chi connectivity index (χ2v) is 6.29. The molecule has 1 atom stereocenters. The summed E-state index contributed by atoms with van der Waals surface area (Å²) in [7, 11) is 0. The van der Waals surface area contributed by atoms with Crippen LogP contribution in [0.15, 0.2) is 0 Å². The van der Waals surface area contributed by atoms with Gasteiger partial charge in [0.25, 0.3) is 0 Å². The fourth-order valence-corrected chi connectivity index (χ4v) is 0.777. The lowest BCUT2D eigenvalue weighted by Crippen LogP contribution is -2.32. The summed E-state index contributed by atoms with van der Waals surface area (Å²) in [5.41, 5.74) is 5.96. The van der Waals surface area contributed by atoms with Gasteiger partial charge in [0.1, 0.15) is 0 Å². The van der Waals surface area contributed by atoms with Crippen LogP contribution in [0.1, 0.15) is 34.1 Å². The summed E-state index contributed by atoms with van der Waals surface area (Å²) in [5, 5.41) is 0. The highest BCUT2D eigenvalue weighted by Gasteiger charge is 2.15. The van der Waals surface area contributed by atoms with Crippen molar-refractivity contribution in [1.82, 2.24) is 0 Å². The highest BCUT2D eigenvalue weighted by molar-refractivity contribution is 14.1. The van der Waals surface area contributed by atoms with E-state index in [1.54, 1.807) is 0 Å². The number of hydrogen-bond donors (Lipinski definition) is 1. The van der Waals surface area contributed by atoms with Crippen molar-refractivity contribution in [1.29, 1.82) is 0 Å². The SMILES string of the molecule is CC(C)(C)CCOC(C)(N)I. The van der Waals surface area contributed by atoms with E-state index < -0.39 is 3.73 Å². The second-order valence-electron chi connectivity index (χ2n) is 4.15. The summed E-state index contributed by atoms with van der Waals surface area (Å²) in [6.07, 6.45) is 1.04. The average Bonchev–Trinajstić information content (AvgIpc) is 1.55. The molecule has 0 saturated carbocycles. The molecule has 0 aliphatic carbocycles. The van der Waals surface area contributed by atoms with Gasteiger partial charge in [-0.15, -0.1) is 0 Å². The topological polar surface area (TPSA) is 35.2 Å². The molecular formula is C8H18INO. The molecule has 2 nitrogen and oxygen atoms in total. The zero-order chi connectivity index (χ0) is 9.12. The normalized spacial score (nSPS) is 18.0. The van der Waals surface area contributed by atoms with E-state index in [9.17, 15) is 0 Å². The Balaban J connectivity index is 3.44. The van der Waals surface area contributed by atoms with Crippen molar-refractivity contribution in [3.05, 3.63) is 0 Å². The van der Waals surface area contributed by atoms with E-state index in [1.807, 2.05) is 6.92 Å². The highest BCUT2D eigenvalue weighted by Crippen LogP contribution is 2.20. The molecule has 0 rings (SSSR count). The Hall–Kier alpha value is 0.650. The molecule has 0 fully saturated rings. The summed E-state index contributed by atoms with van der Waals surface area (Å²) in [6.45, 7) is 9.17. The Kier molecular flexibility index (Phi) is 4.29. The molecule has 0 aromatic carbocycles. The van der Waals surface area contributed by atoms with Crippen LogP contribution in [0.4, 0.5) is 0 Å². The first-order valence-corrected chi connectivity index (χ1v) is 4.90. The van der Waals surface area contributed by atoms with Gasteiger partial charge in [0, 0.05) is 0 Å². The molecule has 0 bridgehead atoms. The van der Waals surface area contributed by atoms with Crippen molar-refractivity contribution in [2.45, 2.75) is 37.8 Å². The van der Waals surface area contributed by atoms with Gasteiger partial charge in [-0.25, -0.2) is 0 Å². The first-order valence-electron chi connectivity index (χ1n) is 3.82. The molecule has 0 aromatic heterocycles. The van der Waals surface area contributed by atoms with Crippen molar-refractivity contribution >= 4 is 22.6 Å². The molecule has 0 heterocycles. The van der Waals surface area contributed by atoms with Crippen molar-refractivity contribution in [2.24, 2.45) is 11.1 Å². The Morgan fingerprint density at radius 2 is 1.73 bits per heavy atom. The lowest BCUT2D eigenvalue weighted by molar-refractivity contribution is 0.0412. The molecule has 0 aliphatic rings. The van der Waals surface area contributed by atoms with Crippen molar-refractivity contribution in [2.75, 3.05) is 6.61 Å². The zero-order valence-corrected chi connectivity index (χ0v) is 9.94. The number of alkyl halides is 1. The number of nitrogens with two attached hydrogens (primary N) is 1. The van der Waals surface area contributed by atoms with Gasteiger partial charge in [0.2, 0.25) is 0 Å². The Morgan fingerprint density at radius 3 is 2.00 bits per heavy atom. The van der Waals surface area contributed by atoms with Crippen LogP contribution in [0.3, 0.4) is 0 Å². The fourth-order valence-electron chi connectivity index (χ4n) is 0.557. The van der Waals surface area contributed by atoms with Crippen LogP contribution < -0.4 is 5.73 Å². The Labute approximate surface area is 83.0 Å². The predicted octanol–water partition coefficient (Wildman–Crippen LogP) is 2.51. The van der Waals surface area contributed by atoms with Gasteiger partial charge in [-0.2, -0.15) is 0 Å². The third-order valence-corrected chi connectivity index (χ3v) is 1.55. The highest BCUT2D eigenvalue weighted by atomic mass is 127. The first-order chi connectivity index (χ1) is 4.71. The van der Waals surface area contributed by atoms with Gasteiger partial charge >= 0.3 is 0 Å². The maximum absolute atomic E-state index is 5.63. The van der Waals surface area contributed by atoms with E-state index >= 15 is 0 Å². The lowest BCUT2D eigenvalue weighted by Gasteiger charge is -2.22. The van der Waals surface area contributed by atoms with Crippen LogP contribution in [-0.4, -0.2) is 10.3 Å². The van der Waals surface area contributed by atoms with E-state index in [-0.39, 0.29) is 0 Å². The van der Waals surface area contributed by atoms with Crippen LogP contribution >= 0.6 is 22.6 Å². The molecule has 0 amide bonds. The summed E-state index contributed by atoms with van der Waals surface area (Å²) in [6, 6.07) is 0. The van der Waals surface area contributed by atoms with Gasteiger partial charge in [-0.05, 0) is 41.4 Å². The molecule has 0 aliphatic heterocycles. The Morgan fingerprint density at radius 1 is 1.27 bits per heavy atom. The minimum atomic E-state index is -0.511. The zero-order valence-electron chi connectivity index (χ0n) is 7.78. The van der Waals surface area contributed by atoms with Crippen molar-refractivity contribution < 1.29 is 4.74 Å². The van der Waals surface area contributed by atoms with Crippen LogP contribution in [0, 0.1) is 5.41 Å². The van der Waals surface area contributed by atoms with Crippen LogP contribution in [-0.2, 0) is 4.74 Å². The van der Waals surface area contributed by atoms with E-state index in [0.717, 1.165) is 13.0 Å². The van der Waals surface area contributed by atoms with Gasteiger partial charge in [-0.1, -0.05) is 20.8 Å². The summed E-state index contributed by atoms with van der Waals surface area (Å²) < 4.78 is 4.86. The van der Waals surface area contributed by atoms with Gasteiger partial charge in [0.15, 0.2) is 3.73 Å². The largest absolute Gasteiger partial charge is 0.352 e.